The van der Waals surface area contributed by atoms with Crippen molar-refractivity contribution >= 4 is 51.7 Å². The van der Waals surface area contributed by atoms with Gasteiger partial charge in [0.25, 0.3) is 5.91 Å². The molecule has 176 valence electrons. The molecule has 1 N–H and O–H groups in total. The van der Waals surface area contributed by atoms with Gasteiger partial charge in [0, 0.05) is 23.6 Å². The van der Waals surface area contributed by atoms with Gasteiger partial charge in [-0.1, -0.05) is 83.5 Å². The molecule has 2 unspecified atom stereocenters. The average Bonchev–Trinajstić information content (AvgIpc) is 3.46. The van der Waals surface area contributed by atoms with Crippen LogP contribution in [0.15, 0.2) is 89.0 Å². The molecule has 0 saturated carbocycles. The number of carbonyl (C=O) groups excluding carboxylic acids is 2. The topological polar surface area (TPSA) is 74.1 Å². The Bertz CT molecular complexity index is 1310. The number of anilines is 1. The van der Waals surface area contributed by atoms with Gasteiger partial charge in [-0.05, 0) is 42.3 Å². The number of amidine groups is 1. The number of halogens is 1. The molecule has 6 nitrogen and oxygen atoms in total. The van der Waals surface area contributed by atoms with Crippen LogP contribution >= 0.6 is 23.4 Å². The van der Waals surface area contributed by atoms with Gasteiger partial charge in [0.1, 0.15) is 5.25 Å². The molecular weight excluding hydrogens is 480 g/mol. The number of nitrogens with zero attached hydrogens (tertiary/aromatic N) is 3. The van der Waals surface area contributed by atoms with E-state index >= 15 is 0 Å². The van der Waals surface area contributed by atoms with E-state index in [0.717, 1.165) is 22.4 Å². The predicted molar refractivity (Wildman–Crippen MR) is 142 cm³/mol. The summed E-state index contributed by atoms with van der Waals surface area (Å²) in [4.78, 5) is 29.6. The van der Waals surface area contributed by atoms with Crippen molar-refractivity contribution in [3.63, 3.8) is 0 Å². The van der Waals surface area contributed by atoms with E-state index < -0.39 is 5.25 Å². The maximum atomic E-state index is 12.7. The van der Waals surface area contributed by atoms with E-state index in [1.54, 1.807) is 0 Å². The van der Waals surface area contributed by atoms with Crippen LogP contribution in [0.1, 0.15) is 35.6 Å². The molecule has 35 heavy (non-hydrogen) atoms. The fraction of sp³-hybridized carbons (Fsp3) is 0.185. The highest BCUT2D eigenvalue weighted by atomic mass is 35.5. The number of aliphatic imine (C=N–C) groups is 1. The first-order chi connectivity index (χ1) is 17.0. The van der Waals surface area contributed by atoms with Crippen molar-refractivity contribution in [2.75, 3.05) is 5.32 Å². The summed E-state index contributed by atoms with van der Waals surface area (Å²) < 4.78 is 0. The third-order valence-electron chi connectivity index (χ3n) is 5.90. The van der Waals surface area contributed by atoms with Gasteiger partial charge in [-0.25, -0.2) is 5.01 Å². The fourth-order valence-corrected chi connectivity index (χ4v) is 5.25. The van der Waals surface area contributed by atoms with Gasteiger partial charge in [-0.15, -0.1) is 0 Å². The zero-order valence-corrected chi connectivity index (χ0v) is 20.6. The standard InChI is InChI=1S/C27H23ClN4O2S/c1-17-7-13-21(14-8-17)29-25(33)16-24-26(34)30-27(35-24)32-23(19-5-3-2-4-6-19)15-22(31-32)18-9-11-20(28)12-10-18/h2-14,23-24H,15-16H2,1H3,(H,29,33). The Labute approximate surface area is 213 Å². The molecule has 0 aliphatic carbocycles. The lowest BCUT2D eigenvalue weighted by atomic mass is 9.99. The molecule has 5 rings (SSSR count). The van der Waals surface area contributed by atoms with Crippen LogP contribution in [0.4, 0.5) is 5.69 Å². The molecule has 0 fully saturated rings. The van der Waals surface area contributed by atoms with Crippen LogP contribution in [0.2, 0.25) is 5.02 Å². The van der Waals surface area contributed by atoms with E-state index in [4.69, 9.17) is 16.7 Å². The molecule has 3 aromatic carbocycles. The summed E-state index contributed by atoms with van der Waals surface area (Å²) >= 11 is 7.36. The maximum absolute atomic E-state index is 12.7. The number of nitrogens with one attached hydrogen (secondary N) is 1. The average molecular weight is 503 g/mol. The number of hydrogen-bond acceptors (Lipinski definition) is 5. The second-order valence-corrected chi connectivity index (χ2v) is 10.1. The summed E-state index contributed by atoms with van der Waals surface area (Å²) in [6.07, 6.45) is 0.708. The van der Waals surface area contributed by atoms with Crippen molar-refractivity contribution in [2.45, 2.75) is 31.1 Å². The van der Waals surface area contributed by atoms with Gasteiger partial charge >= 0.3 is 0 Å². The van der Waals surface area contributed by atoms with Crippen molar-refractivity contribution in [3.05, 3.63) is 101 Å². The van der Waals surface area contributed by atoms with Gasteiger partial charge in [0.15, 0.2) is 5.17 Å². The summed E-state index contributed by atoms with van der Waals surface area (Å²) in [7, 11) is 0. The third-order valence-corrected chi connectivity index (χ3v) is 7.30. The summed E-state index contributed by atoms with van der Waals surface area (Å²) in [5.41, 5.74) is 4.77. The van der Waals surface area contributed by atoms with Crippen molar-refractivity contribution in [3.8, 4) is 0 Å². The molecule has 0 aromatic heterocycles. The smallest absolute Gasteiger partial charge is 0.262 e. The molecule has 8 heteroatoms. The monoisotopic (exact) mass is 502 g/mol. The van der Waals surface area contributed by atoms with E-state index in [2.05, 4.69) is 10.3 Å². The van der Waals surface area contributed by atoms with Crippen molar-refractivity contribution in [1.29, 1.82) is 0 Å². The van der Waals surface area contributed by atoms with E-state index in [1.807, 2.05) is 90.8 Å². The number of hydrazone groups is 1. The van der Waals surface area contributed by atoms with E-state index in [0.29, 0.717) is 22.3 Å². The van der Waals surface area contributed by atoms with Crippen molar-refractivity contribution in [1.82, 2.24) is 5.01 Å². The SMILES string of the molecule is Cc1ccc(NC(=O)CC2SC(N3N=C(c4ccc(Cl)cc4)CC3c3ccccc3)=NC2=O)cc1. The largest absolute Gasteiger partial charge is 0.326 e. The zero-order valence-electron chi connectivity index (χ0n) is 19.0. The second kappa shape index (κ2) is 10.1. The van der Waals surface area contributed by atoms with Crippen LogP contribution < -0.4 is 5.32 Å². The van der Waals surface area contributed by atoms with Crippen LogP contribution in [0.5, 0.6) is 0 Å². The highest BCUT2D eigenvalue weighted by Gasteiger charge is 2.39. The van der Waals surface area contributed by atoms with Crippen LogP contribution in [-0.2, 0) is 9.59 Å². The fourth-order valence-electron chi connectivity index (χ4n) is 4.06. The Kier molecular flexibility index (Phi) is 6.70. The molecule has 3 aromatic rings. The Balaban J connectivity index is 1.33. The number of amides is 2. The number of carbonyl (C=O) groups is 2. The molecule has 2 aliphatic heterocycles. The molecule has 2 heterocycles. The van der Waals surface area contributed by atoms with Crippen molar-refractivity contribution in [2.24, 2.45) is 10.1 Å². The molecule has 2 amide bonds. The highest BCUT2D eigenvalue weighted by molar-refractivity contribution is 8.15. The van der Waals surface area contributed by atoms with Crippen LogP contribution in [0.3, 0.4) is 0 Å². The van der Waals surface area contributed by atoms with Crippen LogP contribution in [-0.4, -0.2) is 33.0 Å². The summed E-state index contributed by atoms with van der Waals surface area (Å²) in [6.45, 7) is 1.99. The van der Waals surface area contributed by atoms with Crippen molar-refractivity contribution < 1.29 is 9.59 Å². The first-order valence-corrected chi connectivity index (χ1v) is 12.6. The molecule has 0 saturated heterocycles. The van der Waals surface area contributed by atoms with Gasteiger partial charge in [0.2, 0.25) is 5.91 Å². The normalized spacial score (nSPS) is 19.5. The van der Waals surface area contributed by atoms with E-state index in [-0.39, 0.29) is 24.3 Å². The summed E-state index contributed by atoms with van der Waals surface area (Å²) in [6, 6.07) is 25.1. The first kappa shape index (κ1) is 23.3. The Morgan fingerprint density at radius 2 is 1.77 bits per heavy atom. The first-order valence-electron chi connectivity index (χ1n) is 11.3. The minimum absolute atomic E-state index is 0.0436. The Morgan fingerprint density at radius 3 is 2.49 bits per heavy atom. The van der Waals surface area contributed by atoms with Gasteiger partial charge < -0.3 is 5.32 Å². The number of benzene rings is 3. The lowest BCUT2D eigenvalue weighted by molar-refractivity contribution is -0.121. The minimum atomic E-state index is -0.582. The zero-order chi connectivity index (χ0) is 24.4. The number of thioether (sulfide) groups is 1. The second-order valence-electron chi connectivity index (χ2n) is 8.49. The van der Waals surface area contributed by atoms with E-state index in [9.17, 15) is 9.59 Å². The minimum Gasteiger partial charge on any atom is -0.326 e. The molecule has 2 aliphatic rings. The van der Waals surface area contributed by atoms with E-state index in [1.165, 1.54) is 11.8 Å². The molecular formula is C27H23ClN4O2S. The maximum Gasteiger partial charge on any atom is 0.262 e. The van der Waals surface area contributed by atoms with Gasteiger partial charge in [-0.2, -0.15) is 10.1 Å². The third kappa shape index (κ3) is 5.31. The predicted octanol–water partition coefficient (Wildman–Crippen LogP) is 5.83. The van der Waals surface area contributed by atoms with Gasteiger partial charge in [-0.3, -0.25) is 9.59 Å². The Morgan fingerprint density at radius 1 is 1.06 bits per heavy atom. The van der Waals surface area contributed by atoms with Crippen LogP contribution in [0, 0.1) is 6.92 Å². The van der Waals surface area contributed by atoms with Gasteiger partial charge in [0.05, 0.1) is 11.8 Å². The molecule has 2 atom stereocenters. The lowest BCUT2D eigenvalue weighted by Crippen LogP contribution is -2.25. The Hall–Kier alpha value is -3.42. The molecule has 0 bridgehead atoms. The number of rotatable bonds is 5. The lowest BCUT2D eigenvalue weighted by Gasteiger charge is -2.23. The molecule has 0 spiro atoms. The quantitative estimate of drug-likeness (QED) is 0.476. The van der Waals surface area contributed by atoms with Crippen LogP contribution in [0.25, 0.3) is 0 Å². The number of hydrogen-bond donors (Lipinski definition) is 1. The molecule has 0 radical (unpaired) electrons. The highest BCUT2D eigenvalue weighted by Crippen LogP contribution is 2.38. The summed E-state index contributed by atoms with van der Waals surface area (Å²) in [5, 5.41) is 10.1. The number of aryl methyl sites for hydroxylation is 1. The summed E-state index contributed by atoms with van der Waals surface area (Å²) in [5.74, 6) is -0.534.